The molecule has 0 radical (unpaired) electrons. The molecule has 0 saturated carbocycles. The zero-order valence-electron chi connectivity index (χ0n) is 9.25. The Morgan fingerprint density at radius 3 is 2.56 bits per heavy atom. The second kappa shape index (κ2) is 5.49. The van der Waals surface area contributed by atoms with Gasteiger partial charge in [-0.1, -0.05) is 57.4 Å². The van der Waals surface area contributed by atoms with Gasteiger partial charge in [0.1, 0.15) is 0 Å². The Kier molecular flexibility index (Phi) is 3.77. The second-order valence-electron chi connectivity index (χ2n) is 3.55. The van der Waals surface area contributed by atoms with Crippen molar-refractivity contribution in [2.75, 3.05) is 0 Å². The number of hydrogen-bond acceptors (Lipinski definition) is 2. The summed E-state index contributed by atoms with van der Waals surface area (Å²) in [6, 6.07) is 13.9. The van der Waals surface area contributed by atoms with Crippen molar-refractivity contribution in [3.05, 3.63) is 74.6 Å². The van der Waals surface area contributed by atoms with Crippen molar-refractivity contribution in [3.63, 3.8) is 0 Å². The van der Waals surface area contributed by atoms with Gasteiger partial charge in [-0.3, -0.25) is 4.79 Å². The van der Waals surface area contributed by atoms with Crippen LogP contribution in [0.5, 0.6) is 0 Å². The van der Waals surface area contributed by atoms with E-state index in [1.54, 1.807) is 42.5 Å². The Labute approximate surface area is 112 Å². The van der Waals surface area contributed by atoms with Crippen LogP contribution in [0.25, 0.3) is 10.4 Å². The van der Waals surface area contributed by atoms with Crippen molar-refractivity contribution in [1.29, 1.82) is 0 Å². The lowest BCUT2D eigenvalue weighted by Gasteiger charge is -2.05. The monoisotopic (exact) mass is 301 g/mol. The highest BCUT2D eigenvalue weighted by Crippen LogP contribution is 2.26. The van der Waals surface area contributed by atoms with E-state index >= 15 is 0 Å². The molecule has 0 aliphatic carbocycles. The number of carbonyl (C=O) groups is 1. The number of carbonyl (C=O) groups excluding carboxylic acids is 1. The van der Waals surface area contributed by atoms with E-state index in [2.05, 4.69) is 26.0 Å². The molecule has 88 valence electrons. The van der Waals surface area contributed by atoms with Crippen molar-refractivity contribution in [1.82, 2.24) is 0 Å². The molecule has 2 aromatic rings. The molecule has 2 aromatic carbocycles. The second-order valence-corrected chi connectivity index (χ2v) is 4.46. The number of rotatable bonds is 3. The first kappa shape index (κ1) is 12.4. The molecule has 0 N–H and O–H groups in total. The third-order valence-corrected chi connectivity index (χ3v) is 2.88. The molecule has 2 rings (SSSR count). The van der Waals surface area contributed by atoms with Crippen molar-refractivity contribution in [3.8, 4) is 0 Å². The number of nitrogens with zero attached hydrogens (tertiary/aromatic N) is 3. The third-order valence-electron chi connectivity index (χ3n) is 2.39. The summed E-state index contributed by atoms with van der Waals surface area (Å²) in [6.07, 6.45) is 0. The molecule has 0 aromatic heterocycles. The standard InChI is InChI=1S/C13H8BrN3O/c14-10-6-7-12(16-17-15)11(8-10)13(18)9-4-2-1-3-5-9/h1-8H. The molecule has 0 aliphatic heterocycles. The normalized spacial score (nSPS) is 9.61. The van der Waals surface area contributed by atoms with Crippen LogP contribution < -0.4 is 0 Å². The Hall–Kier alpha value is -2.10. The average molecular weight is 302 g/mol. The van der Waals surface area contributed by atoms with Gasteiger partial charge in [-0.15, -0.1) is 0 Å². The number of ketones is 1. The van der Waals surface area contributed by atoms with Crippen LogP contribution in [0, 0.1) is 0 Å². The number of azide groups is 1. The molecule has 18 heavy (non-hydrogen) atoms. The zero-order chi connectivity index (χ0) is 13.0. The SMILES string of the molecule is [N-]=[N+]=Nc1ccc(Br)cc1C(=O)c1ccccc1. The smallest absolute Gasteiger partial charge is 0.193 e. The average Bonchev–Trinajstić information content (AvgIpc) is 2.41. The minimum absolute atomic E-state index is 0.167. The lowest BCUT2D eigenvalue weighted by atomic mass is 10.0. The molecular formula is C13H8BrN3O. The van der Waals surface area contributed by atoms with Gasteiger partial charge in [0.2, 0.25) is 0 Å². The van der Waals surface area contributed by atoms with Crippen LogP contribution >= 0.6 is 15.9 Å². The van der Waals surface area contributed by atoms with E-state index in [0.29, 0.717) is 16.8 Å². The number of halogens is 1. The lowest BCUT2D eigenvalue weighted by Crippen LogP contribution is -2.01. The van der Waals surface area contributed by atoms with E-state index in [-0.39, 0.29) is 5.78 Å². The van der Waals surface area contributed by atoms with Crippen LogP contribution in [0.3, 0.4) is 0 Å². The van der Waals surface area contributed by atoms with Gasteiger partial charge < -0.3 is 0 Å². The predicted octanol–water partition coefficient (Wildman–Crippen LogP) is 4.62. The molecule has 0 saturated heterocycles. The maximum Gasteiger partial charge on any atom is 0.193 e. The van der Waals surface area contributed by atoms with Crippen molar-refractivity contribution in [2.45, 2.75) is 0 Å². The fourth-order valence-electron chi connectivity index (χ4n) is 1.57. The molecule has 5 heteroatoms. The van der Waals surface area contributed by atoms with Crippen LogP contribution in [0.2, 0.25) is 0 Å². The van der Waals surface area contributed by atoms with Gasteiger partial charge in [-0.2, -0.15) is 0 Å². The van der Waals surface area contributed by atoms with Crippen LogP contribution in [-0.2, 0) is 0 Å². The summed E-state index contributed by atoms with van der Waals surface area (Å²) in [5, 5.41) is 3.53. The fourth-order valence-corrected chi connectivity index (χ4v) is 1.93. The topological polar surface area (TPSA) is 65.8 Å². The fraction of sp³-hybridized carbons (Fsp3) is 0. The summed E-state index contributed by atoms with van der Waals surface area (Å²) in [4.78, 5) is 15.0. The molecule has 0 unspecified atom stereocenters. The Balaban J connectivity index is 2.53. The third kappa shape index (κ3) is 2.59. The van der Waals surface area contributed by atoms with E-state index in [1.165, 1.54) is 0 Å². The van der Waals surface area contributed by atoms with Crippen LogP contribution in [0.1, 0.15) is 15.9 Å². The number of hydrogen-bond donors (Lipinski definition) is 0. The zero-order valence-corrected chi connectivity index (χ0v) is 10.8. The van der Waals surface area contributed by atoms with Gasteiger partial charge in [-0.25, -0.2) is 0 Å². The minimum Gasteiger partial charge on any atom is -0.289 e. The van der Waals surface area contributed by atoms with E-state index in [9.17, 15) is 4.79 Å². The van der Waals surface area contributed by atoms with Crippen LogP contribution in [-0.4, -0.2) is 5.78 Å². The quantitative estimate of drug-likeness (QED) is 0.353. The van der Waals surface area contributed by atoms with E-state index < -0.39 is 0 Å². The van der Waals surface area contributed by atoms with Gasteiger partial charge in [0.25, 0.3) is 0 Å². The Morgan fingerprint density at radius 2 is 1.89 bits per heavy atom. The highest BCUT2D eigenvalue weighted by molar-refractivity contribution is 9.10. The van der Waals surface area contributed by atoms with E-state index in [0.717, 1.165) is 4.47 Å². The molecule has 0 fully saturated rings. The maximum atomic E-state index is 12.3. The molecule has 0 atom stereocenters. The Bertz CT molecular complexity index is 634. The summed E-state index contributed by atoms with van der Waals surface area (Å²) >= 11 is 3.30. The van der Waals surface area contributed by atoms with Gasteiger partial charge in [0, 0.05) is 26.2 Å². The van der Waals surface area contributed by atoms with E-state index in [4.69, 9.17) is 5.53 Å². The van der Waals surface area contributed by atoms with Crippen LogP contribution in [0.15, 0.2) is 58.1 Å². The van der Waals surface area contributed by atoms with Gasteiger partial charge in [0.05, 0.1) is 0 Å². The maximum absolute atomic E-state index is 12.3. The molecule has 0 heterocycles. The molecule has 0 spiro atoms. The molecule has 0 amide bonds. The van der Waals surface area contributed by atoms with Gasteiger partial charge >= 0.3 is 0 Å². The molecule has 4 nitrogen and oxygen atoms in total. The number of benzene rings is 2. The van der Waals surface area contributed by atoms with Gasteiger partial charge in [0.15, 0.2) is 5.78 Å². The highest BCUT2D eigenvalue weighted by Gasteiger charge is 2.13. The van der Waals surface area contributed by atoms with E-state index in [1.807, 2.05) is 6.07 Å². The molecular weight excluding hydrogens is 294 g/mol. The van der Waals surface area contributed by atoms with Crippen molar-refractivity contribution >= 4 is 27.4 Å². The highest BCUT2D eigenvalue weighted by atomic mass is 79.9. The summed E-state index contributed by atoms with van der Waals surface area (Å²) in [7, 11) is 0. The summed E-state index contributed by atoms with van der Waals surface area (Å²) in [5.74, 6) is -0.167. The first-order valence-electron chi connectivity index (χ1n) is 5.17. The van der Waals surface area contributed by atoms with Crippen molar-refractivity contribution in [2.24, 2.45) is 5.11 Å². The first-order chi connectivity index (χ1) is 8.72. The summed E-state index contributed by atoms with van der Waals surface area (Å²) in [5.41, 5.74) is 9.77. The predicted molar refractivity (Wildman–Crippen MR) is 72.8 cm³/mol. The molecule has 0 bridgehead atoms. The first-order valence-corrected chi connectivity index (χ1v) is 5.96. The largest absolute Gasteiger partial charge is 0.289 e. The Morgan fingerprint density at radius 1 is 1.17 bits per heavy atom. The van der Waals surface area contributed by atoms with Crippen molar-refractivity contribution < 1.29 is 4.79 Å². The van der Waals surface area contributed by atoms with Crippen LogP contribution in [0.4, 0.5) is 5.69 Å². The summed E-state index contributed by atoms with van der Waals surface area (Å²) in [6.45, 7) is 0. The minimum atomic E-state index is -0.167. The van der Waals surface area contributed by atoms with Gasteiger partial charge in [-0.05, 0) is 17.7 Å². The molecule has 0 aliphatic rings. The lowest BCUT2D eigenvalue weighted by molar-refractivity contribution is 0.103. The summed E-state index contributed by atoms with van der Waals surface area (Å²) < 4.78 is 0.763.